The summed E-state index contributed by atoms with van der Waals surface area (Å²) in [7, 11) is -4.57. The van der Waals surface area contributed by atoms with Gasteiger partial charge < -0.3 is 9.29 Å². The average Bonchev–Trinajstić information content (AvgIpc) is 2.57. The predicted molar refractivity (Wildman–Crippen MR) is 110 cm³/mol. The number of unbranched alkanes of at least 4 members (excludes halogenated alkanes) is 12. The number of benzene rings is 1. The van der Waals surface area contributed by atoms with Gasteiger partial charge in [0.2, 0.25) is 0 Å². The molecule has 1 rings (SSSR count). The van der Waals surface area contributed by atoms with Crippen molar-refractivity contribution < 1.29 is 22.3 Å². The van der Waals surface area contributed by atoms with E-state index in [4.69, 9.17) is 4.55 Å². The lowest BCUT2D eigenvalue weighted by Crippen LogP contribution is -2.06. The van der Waals surface area contributed by atoms with Gasteiger partial charge in [-0.25, -0.2) is 0 Å². The molecule has 0 saturated carbocycles. The zero-order valence-electron chi connectivity index (χ0n) is 16.7. The monoisotopic (exact) mass is 400 g/mol. The summed E-state index contributed by atoms with van der Waals surface area (Å²) in [4.78, 5) is 0. The predicted octanol–water partition coefficient (Wildman–Crippen LogP) is 6.21. The molecule has 0 aromatic heterocycles. The Labute approximate surface area is 165 Å². The maximum Gasteiger partial charge on any atom is 0.446 e. The van der Waals surface area contributed by atoms with Crippen LogP contribution in [0.3, 0.4) is 0 Å². The van der Waals surface area contributed by atoms with Crippen molar-refractivity contribution in [2.45, 2.75) is 96.8 Å². The van der Waals surface area contributed by atoms with Crippen LogP contribution in [-0.4, -0.2) is 18.1 Å². The number of aryl methyl sites for hydroxylation is 1. The lowest BCUT2D eigenvalue weighted by Gasteiger charge is -2.07. The van der Waals surface area contributed by atoms with Crippen LogP contribution in [0, 0.1) is 0 Å². The summed E-state index contributed by atoms with van der Waals surface area (Å²) in [6.07, 6.45) is 17.5. The van der Waals surface area contributed by atoms with E-state index in [1.807, 2.05) is 0 Å². The van der Waals surface area contributed by atoms with Crippen molar-refractivity contribution in [3.8, 4) is 11.5 Å². The van der Waals surface area contributed by atoms with Crippen molar-refractivity contribution in [3.05, 3.63) is 23.8 Å². The number of rotatable bonds is 16. The van der Waals surface area contributed by atoms with Gasteiger partial charge in [-0.1, -0.05) is 84.0 Å². The van der Waals surface area contributed by atoms with Gasteiger partial charge in [0.25, 0.3) is 0 Å². The van der Waals surface area contributed by atoms with Crippen molar-refractivity contribution in [1.82, 2.24) is 0 Å². The summed E-state index contributed by atoms with van der Waals surface area (Å²) in [5.41, 5.74) is 0.803. The SMILES string of the molecule is CCCCCCCCCCCCCCCc1cc(O)cc(OS(=O)(=O)O)c1. The van der Waals surface area contributed by atoms with Crippen LogP contribution in [0.2, 0.25) is 0 Å². The highest BCUT2D eigenvalue weighted by Crippen LogP contribution is 2.24. The molecular formula is C21H36O5S. The van der Waals surface area contributed by atoms with Crippen LogP contribution in [0.1, 0.15) is 96.0 Å². The van der Waals surface area contributed by atoms with E-state index in [1.54, 1.807) is 6.07 Å². The number of hydrogen-bond acceptors (Lipinski definition) is 4. The van der Waals surface area contributed by atoms with Gasteiger partial charge in [-0.05, 0) is 30.5 Å². The molecule has 0 amide bonds. The first-order valence-electron chi connectivity index (χ1n) is 10.4. The van der Waals surface area contributed by atoms with Gasteiger partial charge in [0.05, 0.1) is 0 Å². The molecule has 0 spiro atoms. The third-order valence-corrected chi connectivity index (χ3v) is 5.12. The van der Waals surface area contributed by atoms with Gasteiger partial charge >= 0.3 is 10.4 Å². The maximum absolute atomic E-state index is 10.8. The van der Waals surface area contributed by atoms with E-state index >= 15 is 0 Å². The van der Waals surface area contributed by atoms with Gasteiger partial charge in [0, 0.05) is 6.07 Å². The number of hydrogen-bond donors (Lipinski definition) is 2. The van der Waals surface area contributed by atoms with Gasteiger partial charge in [0.15, 0.2) is 0 Å². The highest BCUT2D eigenvalue weighted by molar-refractivity contribution is 7.81. The van der Waals surface area contributed by atoms with Crippen LogP contribution >= 0.6 is 0 Å². The van der Waals surface area contributed by atoms with E-state index in [0.29, 0.717) is 0 Å². The second-order valence-electron chi connectivity index (χ2n) is 7.34. The molecule has 0 aliphatic rings. The van der Waals surface area contributed by atoms with E-state index in [2.05, 4.69) is 11.1 Å². The molecule has 27 heavy (non-hydrogen) atoms. The first-order valence-corrected chi connectivity index (χ1v) is 11.8. The normalized spacial score (nSPS) is 11.6. The largest absolute Gasteiger partial charge is 0.508 e. The highest BCUT2D eigenvalue weighted by Gasteiger charge is 2.09. The van der Waals surface area contributed by atoms with Crippen molar-refractivity contribution in [3.63, 3.8) is 0 Å². The van der Waals surface area contributed by atoms with Crippen molar-refractivity contribution in [1.29, 1.82) is 0 Å². The Morgan fingerprint density at radius 3 is 1.74 bits per heavy atom. The zero-order chi connectivity index (χ0) is 20.0. The smallest absolute Gasteiger partial charge is 0.446 e. The lowest BCUT2D eigenvalue weighted by atomic mass is 10.0. The fourth-order valence-corrected chi connectivity index (χ4v) is 3.64. The fraction of sp³-hybridized carbons (Fsp3) is 0.714. The van der Waals surface area contributed by atoms with Gasteiger partial charge in [-0.3, -0.25) is 4.55 Å². The molecule has 0 atom stereocenters. The molecule has 0 fully saturated rings. The Morgan fingerprint density at radius 1 is 0.778 bits per heavy atom. The Balaban J connectivity index is 2.07. The average molecular weight is 401 g/mol. The molecular weight excluding hydrogens is 364 g/mol. The van der Waals surface area contributed by atoms with E-state index < -0.39 is 10.4 Å². The minimum atomic E-state index is -4.57. The van der Waals surface area contributed by atoms with Crippen LogP contribution in [0.25, 0.3) is 0 Å². The molecule has 0 saturated heterocycles. The Bertz CT molecular complexity index is 613. The minimum Gasteiger partial charge on any atom is -0.508 e. The fourth-order valence-electron chi connectivity index (χ4n) is 3.30. The standard InChI is InChI=1S/C21H36O5S/c1-2-3-4-5-6-7-8-9-10-11-12-13-14-15-19-16-20(22)18-21(17-19)26-27(23,24)25/h16-18,22H,2-15H2,1H3,(H,23,24,25). The molecule has 156 valence electrons. The Kier molecular flexibility index (Phi) is 12.2. The summed E-state index contributed by atoms with van der Waals surface area (Å²) in [6.45, 7) is 2.25. The van der Waals surface area contributed by atoms with Crippen molar-refractivity contribution in [2.75, 3.05) is 0 Å². The Morgan fingerprint density at radius 2 is 1.26 bits per heavy atom. The van der Waals surface area contributed by atoms with Crippen molar-refractivity contribution in [2.24, 2.45) is 0 Å². The van der Waals surface area contributed by atoms with Crippen LogP contribution in [0.5, 0.6) is 11.5 Å². The lowest BCUT2D eigenvalue weighted by molar-refractivity contribution is 0.385. The van der Waals surface area contributed by atoms with Crippen LogP contribution in [0.4, 0.5) is 0 Å². The molecule has 0 aliphatic heterocycles. The molecule has 0 unspecified atom stereocenters. The van der Waals surface area contributed by atoms with Crippen LogP contribution < -0.4 is 4.18 Å². The summed E-state index contributed by atoms with van der Waals surface area (Å²) >= 11 is 0. The molecule has 1 aromatic carbocycles. The van der Waals surface area contributed by atoms with E-state index in [9.17, 15) is 13.5 Å². The summed E-state index contributed by atoms with van der Waals surface area (Å²) in [5.74, 6) is -0.136. The summed E-state index contributed by atoms with van der Waals surface area (Å²) < 4.78 is 34.7. The molecule has 0 aliphatic carbocycles. The molecule has 5 nitrogen and oxygen atoms in total. The first-order chi connectivity index (χ1) is 12.9. The van der Waals surface area contributed by atoms with Gasteiger partial charge in [-0.15, -0.1) is 0 Å². The number of phenols is 1. The van der Waals surface area contributed by atoms with Gasteiger partial charge in [-0.2, -0.15) is 8.42 Å². The van der Waals surface area contributed by atoms with Crippen LogP contribution in [-0.2, 0) is 16.8 Å². The molecule has 0 bridgehead atoms. The van der Waals surface area contributed by atoms with Crippen LogP contribution in [0.15, 0.2) is 18.2 Å². The quantitative estimate of drug-likeness (QED) is 0.255. The number of phenolic OH excluding ortho intramolecular Hbond substituents is 1. The molecule has 0 radical (unpaired) electrons. The highest BCUT2D eigenvalue weighted by atomic mass is 32.3. The first kappa shape index (κ1) is 23.8. The summed E-state index contributed by atoms with van der Waals surface area (Å²) in [6, 6.07) is 4.30. The van der Waals surface area contributed by atoms with E-state index in [0.717, 1.165) is 24.8 Å². The zero-order valence-corrected chi connectivity index (χ0v) is 17.5. The molecule has 1 aromatic rings. The third-order valence-electron chi connectivity index (χ3n) is 4.72. The second kappa shape index (κ2) is 13.8. The number of aromatic hydroxyl groups is 1. The van der Waals surface area contributed by atoms with Crippen molar-refractivity contribution >= 4 is 10.4 Å². The maximum atomic E-state index is 10.8. The third kappa shape index (κ3) is 13.5. The molecule has 2 N–H and O–H groups in total. The van der Waals surface area contributed by atoms with E-state index in [1.165, 1.54) is 82.8 Å². The molecule has 6 heteroatoms. The Hall–Kier alpha value is -1.27. The van der Waals surface area contributed by atoms with Gasteiger partial charge in [0.1, 0.15) is 11.5 Å². The molecule has 0 heterocycles. The topological polar surface area (TPSA) is 83.8 Å². The van der Waals surface area contributed by atoms with E-state index in [-0.39, 0.29) is 11.5 Å². The summed E-state index contributed by atoms with van der Waals surface area (Å²) in [5, 5.41) is 9.64. The second-order valence-corrected chi connectivity index (χ2v) is 8.36. The minimum absolute atomic E-state index is 0.0674.